The fraction of sp³-hybridized carbons (Fsp3) is 0.833. The molecule has 9 heavy (non-hydrogen) atoms. The fourth-order valence-electron chi connectivity index (χ4n) is 0.762. The van der Waals surface area contributed by atoms with Gasteiger partial charge in [-0.1, -0.05) is 13.8 Å². The summed E-state index contributed by atoms with van der Waals surface area (Å²) in [5.74, 6) is 0. The summed E-state index contributed by atoms with van der Waals surface area (Å²) in [6.07, 6.45) is 0. The summed E-state index contributed by atoms with van der Waals surface area (Å²) in [5.41, 5.74) is 0. The molecule has 0 aromatic carbocycles. The summed E-state index contributed by atoms with van der Waals surface area (Å²) in [7, 11) is -0.546. The fourth-order valence-corrected chi connectivity index (χ4v) is 1.84. The van der Waals surface area contributed by atoms with Crippen LogP contribution in [0.4, 0.5) is 0 Å². The van der Waals surface area contributed by atoms with Crippen LogP contribution in [0, 0.1) is 0 Å². The maximum atomic E-state index is 10.6. The van der Waals surface area contributed by atoms with Crippen molar-refractivity contribution in [2.24, 2.45) is 0 Å². The highest BCUT2D eigenvalue weighted by molar-refractivity contribution is 6.71. The largest absolute Gasteiger partial charge is 0.323 e. The van der Waals surface area contributed by atoms with E-state index in [-0.39, 0.29) is 0 Å². The van der Waals surface area contributed by atoms with Gasteiger partial charge in [0.1, 0.15) is 5.41 Å². The van der Waals surface area contributed by atoms with E-state index < -0.39 is 9.68 Å². The van der Waals surface area contributed by atoms with E-state index in [0.717, 1.165) is 13.1 Å². The van der Waals surface area contributed by atoms with E-state index in [4.69, 9.17) is 0 Å². The lowest BCUT2D eigenvalue weighted by Gasteiger charge is -2.14. The van der Waals surface area contributed by atoms with Crippen LogP contribution in [0.2, 0.25) is 0 Å². The number of carbonyl (C=O) groups is 1. The first-order chi connectivity index (χ1) is 4.20. The molecule has 2 nitrogen and oxygen atoms in total. The highest BCUT2D eigenvalue weighted by Gasteiger charge is 2.01. The number of hydrogen-bond acceptors (Lipinski definition) is 2. The molecule has 0 aromatic rings. The van der Waals surface area contributed by atoms with E-state index >= 15 is 0 Å². The van der Waals surface area contributed by atoms with Crippen LogP contribution in [-0.4, -0.2) is 32.7 Å². The minimum absolute atomic E-state index is 0.388. The SMILES string of the molecule is CCN(CC)[SiH2]C(C)=O. The van der Waals surface area contributed by atoms with Gasteiger partial charge >= 0.3 is 0 Å². The lowest BCUT2D eigenvalue weighted by molar-refractivity contribution is -0.110. The summed E-state index contributed by atoms with van der Waals surface area (Å²) in [4.78, 5) is 10.6. The number of carbonyl (C=O) groups excluding carboxylic acids is 1. The third-order valence-corrected chi connectivity index (χ3v) is 3.13. The third kappa shape index (κ3) is 4.36. The Morgan fingerprint density at radius 2 is 1.89 bits per heavy atom. The van der Waals surface area contributed by atoms with Crippen LogP contribution in [0.15, 0.2) is 0 Å². The van der Waals surface area contributed by atoms with Crippen LogP contribution < -0.4 is 0 Å². The molecule has 54 valence electrons. The molecule has 0 saturated carbocycles. The van der Waals surface area contributed by atoms with Crippen molar-refractivity contribution in [3.8, 4) is 0 Å². The summed E-state index contributed by atoms with van der Waals surface area (Å²) in [6, 6.07) is 0. The van der Waals surface area contributed by atoms with Gasteiger partial charge in [0.05, 0.1) is 0 Å². The van der Waals surface area contributed by atoms with Gasteiger partial charge in [-0.2, -0.15) is 0 Å². The van der Waals surface area contributed by atoms with Gasteiger partial charge in [-0.3, -0.25) is 0 Å². The van der Waals surface area contributed by atoms with Gasteiger partial charge in [-0.15, -0.1) is 0 Å². The molecule has 3 heteroatoms. The molecular weight excluding hydrogens is 130 g/mol. The standard InChI is InChI=1S/C6H15NOSi/c1-4-7(5-2)9-6(3)8/h4-5,9H2,1-3H3. The van der Waals surface area contributed by atoms with Crippen molar-refractivity contribution in [3.05, 3.63) is 0 Å². The molecular formula is C6H15NOSi. The highest BCUT2D eigenvalue weighted by Crippen LogP contribution is 1.82. The van der Waals surface area contributed by atoms with Crippen molar-refractivity contribution in [3.63, 3.8) is 0 Å². The molecule has 0 amide bonds. The average Bonchev–Trinajstić information content (AvgIpc) is 1.82. The molecule has 0 N–H and O–H groups in total. The second kappa shape index (κ2) is 4.70. The van der Waals surface area contributed by atoms with E-state index in [9.17, 15) is 4.79 Å². The second-order valence-electron chi connectivity index (χ2n) is 2.16. The van der Waals surface area contributed by atoms with E-state index in [1.807, 2.05) is 0 Å². The Morgan fingerprint density at radius 3 is 2.00 bits per heavy atom. The Balaban J connectivity index is 3.43. The van der Waals surface area contributed by atoms with Crippen LogP contribution in [-0.2, 0) is 4.79 Å². The quantitative estimate of drug-likeness (QED) is 0.517. The van der Waals surface area contributed by atoms with Gasteiger partial charge < -0.3 is 9.36 Å². The third-order valence-electron chi connectivity index (χ3n) is 1.34. The number of rotatable bonds is 4. The molecule has 0 saturated heterocycles. The molecule has 0 aliphatic heterocycles. The minimum Gasteiger partial charge on any atom is -0.323 e. The van der Waals surface area contributed by atoms with Crippen molar-refractivity contribution in [2.45, 2.75) is 20.8 Å². The zero-order chi connectivity index (χ0) is 7.28. The summed E-state index contributed by atoms with van der Waals surface area (Å²) < 4.78 is 2.24. The normalized spacial score (nSPS) is 11.6. The van der Waals surface area contributed by atoms with E-state index in [1.54, 1.807) is 6.92 Å². The molecule has 0 heterocycles. The van der Waals surface area contributed by atoms with Crippen molar-refractivity contribution in [1.29, 1.82) is 0 Å². The van der Waals surface area contributed by atoms with Gasteiger partial charge in [-0.05, 0) is 20.0 Å². The van der Waals surface area contributed by atoms with Gasteiger partial charge in [0.25, 0.3) is 0 Å². The van der Waals surface area contributed by atoms with Gasteiger partial charge in [-0.25, -0.2) is 0 Å². The Morgan fingerprint density at radius 1 is 1.44 bits per heavy atom. The Kier molecular flexibility index (Phi) is 4.62. The Labute approximate surface area is 59.1 Å². The van der Waals surface area contributed by atoms with Crippen molar-refractivity contribution < 1.29 is 4.79 Å². The molecule has 0 spiro atoms. The lowest BCUT2D eigenvalue weighted by atomic mass is 10.7. The maximum Gasteiger partial charge on any atom is 0.172 e. The summed E-state index contributed by atoms with van der Waals surface area (Å²) in [5, 5.41) is 0.388. The van der Waals surface area contributed by atoms with Crippen molar-refractivity contribution >= 4 is 15.1 Å². The Bertz CT molecular complexity index is 91.1. The molecule has 0 aromatic heterocycles. The number of hydrogen-bond donors (Lipinski definition) is 0. The van der Waals surface area contributed by atoms with Crippen molar-refractivity contribution in [2.75, 3.05) is 13.1 Å². The predicted octanol–water partition coefficient (Wildman–Crippen LogP) is -0.0415. The molecule has 0 radical (unpaired) electrons. The van der Waals surface area contributed by atoms with Crippen LogP contribution in [0.3, 0.4) is 0 Å². The molecule has 0 atom stereocenters. The molecule has 0 fully saturated rings. The monoisotopic (exact) mass is 145 g/mol. The molecule has 0 rings (SSSR count). The average molecular weight is 145 g/mol. The van der Waals surface area contributed by atoms with Gasteiger partial charge in [0.2, 0.25) is 0 Å². The minimum atomic E-state index is -0.546. The molecule has 0 aliphatic rings. The molecule has 0 aliphatic carbocycles. The van der Waals surface area contributed by atoms with Crippen LogP contribution in [0.25, 0.3) is 0 Å². The smallest absolute Gasteiger partial charge is 0.172 e. The molecule has 0 unspecified atom stereocenters. The Hall–Kier alpha value is -0.153. The highest BCUT2D eigenvalue weighted by atomic mass is 28.2. The van der Waals surface area contributed by atoms with E-state index in [1.165, 1.54) is 0 Å². The van der Waals surface area contributed by atoms with Crippen LogP contribution in [0.1, 0.15) is 20.8 Å². The predicted molar refractivity (Wildman–Crippen MR) is 42.1 cm³/mol. The van der Waals surface area contributed by atoms with E-state index in [2.05, 4.69) is 18.4 Å². The first-order valence-electron chi connectivity index (χ1n) is 3.42. The van der Waals surface area contributed by atoms with Crippen LogP contribution in [0.5, 0.6) is 0 Å². The maximum absolute atomic E-state index is 10.6. The van der Waals surface area contributed by atoms with Crippen molar-refractivity contribution in [1.82, 2.24) is 4.57 Å². The van der Waals surface area contributed by atoms with Crippen LogP contribution >= 0.6 is 0 Å². The zero-order valence-electron chi connectivity index (χ0n) is 6.48. The first kappa shape index (κ1) is 8.85. The molecule has 0 bridgehead atoms. The van der Waals surface area contributed by atoms with Gasteiger partial charge in [0.15, 0.2) is 9.68 Å². The second-order valence-corrected chi connectivity index (χ2v) is 4.37. The zero-order valence-corrected chi connectivity index (χ0v) is 7.89. The van der Waals surface area contributed by atoms with E-state index in [0.29, 0.717) is 5.41 Å². The number of nitrogens with zero attached hydrogens (tertiary/aromatic N) is 1. The summed E-state index contributed by atoms with van der Waals surface area (Å²) >= 11 is 0. The summed E-state index contributed by atoms with van der Waals surface area (Å²) in [6.45, 7) is 7.94. The topological polar surface area (TPSA) is 20.3 Å². The van der Waals surface area contributed by atoms with Gasteiger partial charge in [0, 0.05) is 0 Å². The lowest BCUT2D eigenvalue weighted by Crippen LogP contribution is -2.31. The first-order valence-corrected chi connectivity index (χ1v) is 4.76.